The van der Waals surface area contributed by atoms with Crippen LogP contribution in [0, 0.1) is 5.82 Å². The summed E-state index contributed by atoms with van der Waals surface area (Å²) in [6.45, 7) is 1.83. The lowest BCUT2D eigenvalue weighted by molar-refractivity contribution is 0.0756. The van der Waals surface area contributed by atoms with E-state index >= 15 is 0 Å². The molecule has 0 fully saturated rings. The zero-order valence-electron chi connectivity index (χ0n) is 9.01. The molecule has 88 valence electrons. The first-order chi connectivity index (χ1) is 7.47. The highest BCUT2D eigenvalue weighted by atomic mass is 35.5. The zero-order chi connectivity index (χ0) is 12.3. The van der Waals surface area contributed by atoms with Gasteiger partial charge in [-0.1, -0.05) is 11.6 Å². The smallest absolute Gasteiger partial charge is 0.253 e. The quantitative estimate of drug-likeness (QED) is 0.768. The summed E-state index contributed by atoms with van der Waals surface area (Å²) in [5.74, 6) is -0.418. The Bertz CT molecular complexity index is 398. The summed E-state index contributed by atoms with van der Waals surface area (Å²) in [5.41, 5.74) is 0.353. The van der Waals surface area contributed by atoms with Crippen LogP contribution in [0.15, 0.2) is 18.2 Å². The van der Waals surface area contributed by atoms with Gasteiger partial charge in [0.25, 0.3) is 5.91 Å². The third-order valence-corrected chi connectivity index (χ3v) is 3.11. The third kappa shape index (κ3) is 2.86. The SMILES string of the molecule is CC(CCl)N(C)C(=O)c1ccc(F)c(Cl)c1. The van der Waals surface area contributed by atoms with Crippen LogP contribution < -0.4 is 0 Å². The lowest BCUT2D eigenvalue weighted by Gasteiger charge is -2.23. The first kappa shape index (κ1) is 13.3. The highest BCUT2D eigenvalue weighted by Gasteiger charge is 2.17. The van der Waals surface area contributed by atoms with E-state index in [0.717, 1.165) is 0 Å². The van der Waals surface area contributed by atoms with E-state index in [1.807, 2.05) is 6.92 Å². The topological polar surface area (TPSA) is 20.3 Å². The molecule has 0 spiro atoms. The predicted molar refractivity (Wildman–Crippen MR) is 63.7 cm³/mol. The number of amides is 1. The summed E-state index contributed by atoms with van der Waals surface area (Å²) in [6.07, 6.45) is 0. The van der Waals surface area contributed by atoms with Gasteiger partial charge in [0, 0.05) is 24.5 Å². The fraction of sp³-hybridized carbons (Fsp3) is 0.364. The van der Waals surface area contributed by atoms with E-state index in [1.54, 1.807) is 7.05 Å². The monoisotopic (exact) mass is 263 g/mol. The first-order valence-electron chi connectivity index (χ1n) is 4.75. The summed E-state index contributed by atoms with van der Waals surface area (Å²) in [7, 11) is 1.65. The number of benzene rings is 1. The Morgan fingerprint density at radius 3 is 2.69 bits per heavy atom. The Labute approximate surface area is 104 Å². The van der Waals surface area contributed by atoms with E-state index in [-0.39, 0.29) is 17.0 Å². The fourth-order valence-electron chi connectivity index (χ4n) is 1.14. The van der Waals surface area contributed by atoms with Crippen LogP contribution in [-0.2, 0) is 0 Å². The molecule has 0 aromatic heterocycles. The molecule has 0 saturated heterocycles. The van der Waals surface area contributed by atoms with Crippen molar-refractivity contribution in [2.45, 2.75) is 13.0 Å². The lowest BCUT2D eigenvalue weighted by atomic mass is 10.2. The van der Waals surface area contributed by atoms with Gasteiger partial charge < -0.3 is 4.90 Å². The van der Waals surface area contributed by atoms with Gasteiger partial charge in [-0.25, -0.2) is 4.39 Å². The van der Waals surface area contributed by atoms with Gasteiger partial charge >= 0.3 is 0 Å². The van der Waals surface area contributed by atoms with Crippen molar-refractivity contribution in [1.29, 1.82) is 0 Å². The van der Waals surface area contributed by atoms with Gasteiger partial charge in [0.1, 0.15) is 5.82 Å². The number of hydrogen-bond acceptors (Lipinski definition) is 1. The largest absolute Gasteiger partial charge is 0.338 e. The van der Waals surface area contributed by atoms with Crippen LogP contribution in [0.25, 0.3) is 0 Å². The number of nitrogens with zero attached hydrogens (tertiary/aromatic N) is 1. The van der Waals surface area contributed by atoms with E-state index in [1.165, 1.54) is 23.1 Å². The fourth-order valence-corrected chi connectivity index (χ4v) is 1.52. The highest BCUT2D eigenvalue weighted by molar-refractivity contribution is 6.31. The van der Waals surface area contributed by atoms with Gasteiger partial charge in [-0.2, -0.15) is 0 Å². The maximum absolute atomic E-state index is 12.9. The van der Waals surface area contributed by atoms with Gasteiger partial charge in [-0.15, -0.1) is 11.6 Å². The van der Waals surface area contributed by atoms with Crippen molar-refractivity contribution in [3.63, 3.8) is 0 Å². The molecule has 2 nitrogen and oxygen atoms in total. The average Bonchev–Trinajstić information content (AvgIpc) is 2.29. The molecule has 16 heavy (non-hydrogen) atoms. The van der Waals surface area contributed by atoms with Crippen molar-refractivity contribution in [3.05, 3.63) is 34.6 Å². The van der Waals surface area contributed by atoms with Crippen molar-refractivity contribution in [2.24, 2.45) is 0 Å². The predicted octanol–water partition coefficient (Wildman–Crippen LogP) is 3.18. The van der Waals surface area contributed by atoms with Gasteiger partial charge in [-0.05, 0) is 25.1 Å². The first-order valence-corrected chi connectivity index (χ1v) is 5.66. The molecule has 0 bridgehead atoms. The second-order valence-electron chi connectivity index (χ2n) is 3.55. The molecule has 0 heterocycles. The summed E-state index contributed by atoms with van der Waals surface area (Å²) >= 11 is 11.3. The normalized spacial score (nSPS) is 12.3. The van der Waals surface area contributed by atoms with Crippen LogP contribution in [0.2, 0.25) is 5.02 Å². The van der Waals surface area contributed by atoms with Crippen molar-refractivity contribution < 1.29 is 9.18 Å². The van der Waals surface area contributed by atoms with Crippen LogP contribution in [0.4, 0.5) is 4.39 Å². The molecule has 0 aliphatic carbocycles. The van der Waals surface area contributed by atoms with Gasteiger partial charge in [0.15, 0.2) is 0 Å². The molecule has 0 saturated carbocycles. The molecular weight excluding hydrogens is 252 g/mol. The second-order valence-corrected chi connectivity index (χ2v) is 4.26. The van der Waals surface area contributed by atoms with Crippen LogP contribution in [0.3, 0.4) is 0 Å². The maximum atomic E-state index is 12.9. The van der Waals surface area contributed by atoms with E-state index in [0.29, 0.717) is 11.4 Å². The lowest BCUT2D eigenvalue weighted by Crippen LogP contribution is -2.36. The minimum Gasteiger partial charge on any atom is -0.338 e. The Morgan fingerprint density at radius 1 is 1.56 bits per heavy atom. The highest BCUT2D eigenvalue weighted by Crippen LogP contribution is 2.17. The van der Waals surface area contributed by atoms with E-state index in [4.69, 9.17) is 23.2 Å². The summed E-state index contributed by atoms with van der Waals surface area (Å²) in [4.78, 5) is 13.4. The molecule has 1 rings (SSSR count). The maximum Gasteiger partial charge on any atom is 0.253 e. The number of halogens is 3. The van der Waals surface area contributed by atoms with Crippen LogP contribution in [0.5, 0.6) is 0 Å². The van der Waals surface area contributed by atoms with Gasteiger partial charge in [-0.3, -0.25) is 4.79 Å². The molecule has 0 aliphatic rings. The summed E-state index contributed by atoms with van der Waals surface area (Å²) < 4.78 is 12.9. The molecule has 1 amide bonds. The zero-order valence-corrected chi connectivity index (χ0v) is 10.5. The van der Waals surface area contributed by atoms with Crippen molar-refractivity contribution in [3.8, 4) is 0 Å². The van der Waals surface area contributed by atoms with Gasteiger partial charge in [0.2, 0.25) is 0 Å². The molecule has 1 unspecified atom stereocenters. The molecule has 0 aliphatic heterocycles. The number of rotatable bonds is 3. The average molecular weight is 264 g/mol. The molecule has 1 aromatic carbocycles. The summed E-state index contributed by atoms with van der Waals surface area (Å²) in [5, 5.41) is -0.0576. The van der Waals surface area contributed by atoms with E-state index in [2.05, 4.69) is 0 Å². The van der Waals surface area contributed by atoms with Crippen LogP contribution >= 0.6 is 23.2 Å². The number of alkyl halides is 1. The molecule has 0 N–H and O–H groups in total. The van der Waals surface area contributed by atoms with Crippen molar-refractivity contribution in [2.75, 3.05) is 12.9 Å². The second kappa shape index (κ2) is 5.51. The van der Waals surface area contributed by atoms with Crippen molar-refractivity contribution in [1.82, 2.24) is 4.90 Å². The van der Waals surface area contributed by atoms with Crippen LogP contribution in [-0.4, -0.2) is 29.8 Å². The third-order valence-electron chi connectivity index (χ3n) is 2.37. The standard InChI is InChI=1S/C11H12Cl2FNO/c1-7(6-12)15(2)11(16)8-3-4-10(14)9(13)5-8/h3-5,7H,6H2,1-2H3. The molecule has 0 radical (unpaired) electrons. The van der Waals surface area contributed by atoms with Gasteiger partial charge in [0.05, 0.1) is 5.02 Å². The number of carbonyl (C=O) groups excluding carboxylic acids is 1. The molecule has 5 heteroatoms. The Hall–Kier alpha value is -0.800. The minimum atomic E-state index is -0.536. The molecule has 1 atom stereocenters. The minimum absolute atomic E-state index is 0.0576. The van der Waals surface area contributed by atoms with E-state index < -0.39 is 5.82 Å². The Morgan fingerprint density at radius 2 is 2.19 bits per heavy atom. The number of hydrogen-bond donors (Lipinski definition) is 0. The Balaban J connectivity index is 2.92. The van der Waals surface area contributed by atoms with Crippen molar-refractivity contribution >= 4 is 29.1 Å². The van der Waals surface area contributed by atoms with E-state index in [9.17, 15) is 9.18 Å². The Kier molecular flexibility index (Phi) is 4.56. The number of carbonyl (C=O) groups is 1. The molecular formula is C11H12Cl2FNO. The molecule has 1 aromatic rings. The van der Waals surface area contributed by atoms with Crippen LogP contribution in [0.1, 0.15) is 17.3 Å². The summed E-state index contributed by atoms with van der Waals surface area (Å²) in [6, 6.07) is 3.81.